The van der Waals surface area contributed by atoms with Crippen LogP contribution in [0.3, 0.4) is 0 Å². The van der Waals surface area contributed by atoms with Crippen LogP contribution >= 0.6 is 0 Å². The Morgan fingerprint density at radius 3 is 2.75 bits per heavy atom. The van der Waals surface area contributed by atoms with E-state index in [9.17, 15) is 4.39 Å². The molecule has 0 radical (unpaired) electrons. The minimum Gasteiger partial charge on any atom is -0.374 e. The molecule has 0 aliphatic carbocycles. The van der Waals surface area contributed by atoms with Crippen LogP contribution in [0.5, 0.6) is 0 Å². The number of hydrogen-bond donors (Lipinski definition) is 1. The highest BCUT2D eigenvalue weighted by Gasteiger charge is 2.27. The van der Waals surface area contributed by atoms with Crippen molar-refractivity contribution in [3.05, 3.63) is 35.6 Å². The van der Waals surface area contributed by atoms with Crippen LogP contribution in [0.2, 0.25) is 0 Å². The lowest BCUT2D eigenvalue weighted by Gasteiger charge is -2.37. The predicted molar refractivity (Wildman–Crippen MR) is 79.4 cm³/mol. The molecule has 3 nitrogen and oxygen atoms in total. The Kier molecular flexibility index (Phi) is 5.95. The monoisotopic (exact) mass is 280 g/mol. The fourth-order valence-electron chi connectivity index (χ4n) is 2.73. The predicted octanol–water partition coefficient (Wildman–Crippen LogP) is 2.07. The van der Waals surface area contributed by atoms with E-state index in [1.165, 1.54) is 12.1 Å². The molecule has 0 aromatic heterocycles. The summed E-state index contributed by atoms with van der Waals surface area (Å²) in [6.07, 6.45) is 1.07. The largest absolute Gasteiger partial charge is 0.374 e. The van der Waals surface area contributed by atoms with Gasteiger partial charge in [0.15, 0.2) is 0 Å². The molecule has 20 heavy (non-hydrogen) atoms. The first kappa shape index (κ1) is 15.4. The molecule has 2 rings (SSSR count). The third-order valence-electron chi connectivity index (χ3n) is 3.91. The molecule has 1 N–H and O–H groups in total. The molecule has 1 fully saturated rings. The zero-order chi connectivity index (χ0) is 14.4. The standard InChI is InChI=1S/C16H25FN2O/c1-3-18-15(11-13-5-7-14(17)8-6-13)16-12-19(4-2)9-10-20-16/h5-8,15-16,18H,3-4,9-12H2,1-2H3. The summed E-state index contributed by atoms with van der Waals surface area (Å²) in [5.41, 5.74) is 1.15. The van der Waals surface area contributed by atoms with E-state index in [0.717, 1.165) is 44.8 Å². The number of nitrogens with zero attached hydrogens (tertiary/aromatic N) is 1. The van der Waals surface area contributed by atoms with Crippen LogP contribution in [-0.2, 0) is 11.2 Å². The van der Waals surface area contributed by atoms with E-state index in [0.29, 0.717) is 0 Å². The molecule has 0 spiro atoms. The lowest BCUT2D eigenvalue weighted by molar-refractivity contribution is -0.0445. The van der Waals surface area contributed by atoms with Crippen LogP contribution in [0.1, 0.15) is 19.4 Å². The Labute approximate surface area is 121 Å². The fourth-order valence-corrected chi connectivity index (χ4v) is 2.73. The van der Waals surface area contributed by atoms with E-state index < -0.39 is 0 Å². The van der Waals surface area contributed by atoms with Gasteiger partial charge in [-0.05, 0) is 37.2 Å². The Balaban J connectivity index is 2.00. The second-order valence-corrected chi connectivity index (χ2v) is 5.30. The van der Waals surface area contributed by atoms with Crippen LogP contribution < -0.4 is 5.32 Å². The Morgan fingerprint density at radius 1 is 1.35 bits per heavy atom. The van der Waals surface area contributed by atoms with Gasteiger partial charge >= 0.3 is 0 Å². The number of halogens is 1. The van der Waals surface area contributed by atoms with Crippen molar-refractivity contribution in [3.63, 3.8) is 0 Å². The van der Waals surface area contributed by atoms with E-state index in [4.69, 9.17) is 4.74 Å². The summed E-state index contributed by atoms with van der Waals surface area (Å²) in [7, 11) is 0. The first-order valence-corrected chi connectivity index (χ1v) is 7.54. The van der Waals surface area contributed by atoms with E-state index in [-0.39, 0.29) is 18.0 Å². The van der Waals surface area contributed by atoms with E-state index in [1.807, 2.05) is 12.1 Å². The van der Waals surface area contributed by atoms with Crippen molar-refractivity contribution < 1.29 is 9.13 Å². The van der Waals surface area contributed by atoms with Crippen LogP contribution in [0.15, 0.2) is 24.3 Å². The molecule has 2 unspecified atom stereocenters. The van der Waals surface area contributed by atoms with Gasteiger partial charge in [0.1, 0.15) is 5.82 Å². The molecule has 0 amide bonds. The smallest absolute Gasteiger partial charge is 0.123 e. The second-order valence-electron chi connectivity index (χ2n) is 5.30. The van der Waals surface area contributed by atoms with Crippen molar-refractivity contribution in [1.82, 2.24) is 10.2 Å². The molecule has 1 aromatic rings. The van der Waals surface area contributed by atoms with Gasteiger partial charge in [-0.3, -0.25) is 4.90 Å². The van der Waals surface area contributed by atoms with Crippen LogP contribution in [-0.4, -0.2) is 49.8 Å². The van der Waals surface area contributed by atoms with Gasteiger partial charge in [0.2, 0.25) is 0 Å². The zero-order valence-corrected chi connectivity index (χ0v) is 12.4. The summed E-state index contributed by atoms with van der Waals surface area (Å²) in [4.78, 5) is 2.42. The number of nitrogens with one attached hydrogen (secondary N) is 1. The third kappa shape index (κ3) is 4.27. The summed E-state index contributed by atoms with van der Waals surface area (Å²) in [5, 5.41) is 3.51. The normalized spacial score (nSPS) is 21.9. The Morgan fingerprint density at radius 2 is 2.10 bits per heavy atom. The quantitative estimate of drug-likeness (QED) is 0.863. The van der Waals surface area contributed by atoms with Crippen molar-refractivity contribution in [1.29, 1.82) is 0 Å². The maximum absolute atomic E-state index is 13.0. The number of ether oxygens (including phenoxy) is 1. The average molecular weight is 280 g/mol. The average Bonchev–Trinajstić information content (AvgIpc) is 2.49. The maximum atomic E-state index is 13.0. The summed E-state index contributed by atoms with van der Waals surface area (Å²) in [6.45, 7) is 9.05. The minimum atomic E-state index is -0.181. The van der Waals surface area contributed by atoms with Crippen LogP contribution in [0.25, 0.3) is 0 Å². The van der Waals surface area contributed by atoms with E-state index >= 15 is 0 Å². The highest BCUT2D eigenvalue weighted by molar-refractivity contribution is 5.17. The topological polar surface area (TPSA) is 24.5 Å². The summed E-state index contributed by atoms with van der Waals surface area (Å²) >= 11 is 0. The molecule has 112 valence electrons. The highest BCUT2D eigenvalue weighted by atomic mass is 19.1. The van der Waals surface area contributed by atoms with Crippen molar-refractivity contribution in [2.45, 2.75) is 32.4 Å². The van der Waals surface area contributed by atoms with E-state index in [1.54, 1.807) is 0 Å². The maximum Gasteiger partial charge on any atom is 0.123 e. The highest BCUT2D eigenvalue weighted by Crippen LogP contribution is 2.14. The van der Waals surface area contributed by atoms with Gasteiger partial charge in [-0.15, -0.1) is 0 Å². The number of hydrogen-bond acceptors (Lipinski definition) is 3. The number of benzene rings is 1. The van der Waals surface area contributed by atoms with Gasteiger partial charge in [0.25, 0.3) is 0 Å². The fraction of sp³-hybridized carbons (Fsp3) is 0.625. The second kappa shape index (κ2) is 7.72. The van der Waals surface area contributed by atoms with Crippen LogP contribution in [0, 0.1) is 5.82 Å². The minimum absolute atomic E-state index is 0.181. The van der Waals surface area contributed by atoms with Gasteiger partial charge in [0.05, 0.1) is 12.7 Å². The molecule has 0 saturated carbocycles. The molecule has 1 aromatic carbocycles. The van der Waals surface area contributed by atoms with Gasteiger partial charge in [-0.1, -0.05) is 26.0 Å². The Hall–Kier alpha value is -0.970. The molecule has 1 aliphatic rings. The number of morpholine rings is 1. The molecular weight excluding hydrogens is 255 g/mol. The molecule has 4 heteroatoms. The SMILES string of the molecule is CCNC(Cc1ccc(F)cc1)C1CN(CC)CCO1. The molecule has 0 bridgehead atoms. The summed E-state index contributed by atoms with van der Waals surface area (Å²) in [6, 6.07) is 7.05. The molecule has 1 saturated heterocycles. The Bertz CT molecular complexity index is 396. The summed E-state index contributed by atoms with van der Waals surface area (Å²) < 4.78 is 18.9. The molecule has 1 aliphatic heterocycles. The molecule has 1 heterocycles. The van der Waals surface area contributed by atoms with Crippen molar-refractivity contribution in [3.8, 4) is 0 Å². The first-order valence-electron chi connectivity index (χ1n) is 7.54. The van der Waals surface area contributed by atoms with Gasteiger partial charge < -0.3 is 10.1 Å². The van der Waals surface area contributed by atoms with Crippen molar-refractivity contribution >= 4 is 0 Å². The summed E-state index contributed by atoms with van der Waals surface area (Å²) in [5.74, 6) is -0.181. The number of likely N-dealkylation sites (N-methyl/N-ethyl adjacent to an activating group) is 2. The van der Waals surface area contributed by atoms with Crippen molar-refractivity contribution in [2.24, 2.45) is 0 Å². The lowest BCUT2D eigenvalue weighted by Crippen LogP contribution is -2.53. The van der Waals surface area contributed by atoms with Crippen molar-refractivity contribution in [2.75, 3.05) is 32.8 Å². The lowest BCUT2D eigenvalue weighted by atomic mass is 10.00. The first-order chi connectivity index (χ1) is 9.72. The zero-order valence-electron chi connectivity index (χ0n) is 12.4. The number of rotatable bonds is 6. The molecule has 2 atom stereocenters. The van der Waals surface area contributed by atoms with Gasteiger partial charge in [-0.25, -0.2) is 4.39 Å². The molecular formula is C16H25FN2O. The van der Waals surface area contributed by atoms with Crippen LogP contribution in [0.4, 0.5) is 4.39 Å². The van der Waals surface area contributed by atoms with E-state index in [2.05, 4.69) is 24.1 Å². The third-order valence-corrected chi connectivity index (χ3v) is 3.91. The van der Waals surface area contributed by atoms with Gasteiger partial charge in [0, 0.05) is 19.1 Å². The van der Waals surface area contributed by atoms with Gasteiger partial charge in [-0.2, -0.15) is 0 Å².